The minimum atomic E-state index is 0.160. The Hall–Kier alpha value is -1.09. The van der Waals surface area contributed by atoms with Gasteiger partial charge in [-0.3, -0.25) is 0 Å². The van der Waals surface area contributed by atoms with E-state index in [-0.39, 0.29) is 5.41 Å². The highest BCUT2D eigenvalue weighted by Crippen LogP contribution is 2.23. The number of aromatic nitrogens is 1. The Balaban J connectivity index is 2.80. The van der Waals surface area contributed by atoms with E-state index >= 15 is 0 Å². The van der Waals surface area contributed by atoms with Crippen molar-refractivity contribution in [1.82, 2.24) is 4.98 Å². The molecule has 96 valence electrons. The maximum absolute atomic E-state index is 5.58. The van der Waals surface area contributed by atoms with Gasteiger partial charge in [-0.1, -0.05) is 26.8 Å². The fourth-order valence-corrected chi connectivity index (χ4v) is 1.70. The lowest BCUT2D eigenvalue weighted by Crippen LogP contribution is -2.31. The molecule has 0 aromatic carbocycles. The Bertz CT molecular complexity index is 337. The van der Waals surface area contributed by atoms with Crippen molar-refractivity contribution in [2.45, 2.75) is 45.6 Å². The molecule has 0 saturated heterocycles. The molecule has 0 amide bonds. The molecule has 1 heterocycles. The molecule has 1 rings (SSSR count). The minimum absolute atomic E-state index is 0.160. The summed E-state index contributed by atoms with van der Waals surface area (Å²) in [6, 6.07) is 4.68. The van der Waals surface area contributed by atoms with Crippen molar-refractivity contribution in [3.63, 3.8) is 0 Å². The largest absolute Gasteiger partial charge is 0.357 e. The molecule has 17 heavy (non-hydrogen) atoms. The Morgan fingerprint density at radius 1 is 1.35 bits per heavy atom. The number of hydrogen-bond donors (Lipinski definition) is 1. The molecule has 1 aromatic heterocycles. The molecule has 1 atom stereocenters. The molecule has 1 unspecified atom stereocenters. The Labute approximate surface area is 105 Å². The van der Waals surface area contributed by atoms with Crippen LogP contribution < -0.4 is 10.6 Å². The molecular weight excluding hydrogens is 210 g/mol. The number of anilines is 1. The van der Waals surface area contributed by atoms with Crippen LogP contribution in [0.15, 0.2) is 18.3 Å². The highest BCUT2D eigenvalue weighted by molar-refractivity contribution is 5.40. The summed E-state index contributed by atoms with van der Waals surface area (Å²) in [4.78, 5) is 6.71. The molecule has 0 bridgehead atoms. The molecule has 0 aliphatic carbocycles. The van der Waals surface area contributed by atoms with Gasteiger partial charge in [0.25, 0.3) is 0 Å². The molecule has 3 nitrogen and oxygen atoms in total. The van der Waals surface area contributed by atoms with Crippen LogP contribution in [0.4, 0.5) is 5.82 Å². The number of rotatable bonds is 4. The number of nitrogens with two attached hydrogens (primary N) is 1. The summed E-state index contributed by atoms with van der Waals surface area (Å²) in [6.07, 6.45) is 2.96. The predicted molar refractivity (Wildman–Crippen MR) is 74.5 cm³/mol. The predicted octanol–water partition coefficient (Wildman–Crippen LogP) is 2.55. The van der Waals surface area contributed by atoms with Crippen LogP contribution in [-0.2, 0) is 5.41 Å². The third-order valence-corrected chi connectivity index (χ3v) is 3.22. The SMILES string of the molecule is CC(CCN)N(C)c1ccc(C(C)(C)C)cn1. The van der Waals surface area contributed by atoms with Crippen LogP contribution in [0.5, 0.6) is 0 Å². The lowest BCUT2D eigenvalue weighted by atomic mass is 9.88. The first kappa shape index (κ1) is 14.0. The molecular formula is C14H25N3. The van der Waals surface area contributed by atoms with Crippen molar-refractivity contribution in [2.24, 2.45) is 5.73 Å². The summed E-state index contributed by atoms with van der Waals surface area (Å²) < 4.78 is 0. The summed E-state index contributed by atoms with van der Waals surface area (Å²) >= 11 is 0. The van der Waals surface area contributed by atoms with Crippen LogP contribution in [0.2, 0.25) is 0 Å². The molecule has 0 radical (unpaired) electrons. The van der Waals surface area contributed by atoms with Crippen molar-refractivity contribution in [2.75, 3.05) is 18.5 Å². The lowest BCUT2D eigenvalue weighted by molar-refractivity contribution is 0.585. The van der Waals surface area contributed by atoms with Gasteiger partial charge in [-0.05, 0) is 36.9 Å². The summed E-state index contributed by atoms with van der Waals surface area (Å²) in [5.74, 6) is 1.01. The molecule has 1 aromatic rings. The normalized spacial score (nSPS) is 13.5. The molecule has 0 aliphatic heterocycles. The van der Waals surface area contributed by atoms with Gasteiger partial charge in [0.1, 0.15) is 5.82 Å². The summed E-state index contributed by atoms with van der Waals surface area (Å²) in [5, 5.41) is 0. The second-order valence-electron chi connectivity index (χ2n) is 5.69. The van der Waals surface area contributed by atoms with Crippen LogP contribution >= 0.6 is 0 Å². The fourth-order valence-electron chi connectivity index (χ4n) is 1.70. The Kier molecular flexibility index (Phi) is 4.52. The first-order chi connectivity index (χ1) is 7.86. The number of pyridine rings is 1. The molecule has 2 N–H and O–H groups in total. The van der Waals surface area contributed by atoms with Gasteiger partial charge in [-0.2, -0.15) is 0 Å². The van der Waals surface area contributed by atoms with Crippen molar-refractivity contribution in [3.8, 4) is 0 Å². The zero-order valence-electron chi connectivity index (χ0n) is 11.7. The van der Waals surface area contributed by atoms with E-state index in [9.17, 15) is 0 Å². The van der Waals surface area contributed by atoms with Crippen LogP contribution in [-0.4, -0.2) is 24.6 Å². The van der Waals surface area contributed by atoms with E-state index in [0.29, 0.717) is 12.6 Å². The highest BCUT2D eigenvalue weighted by atomic mass is 15.2. The lowest BCUT2D eigenvalue weighted by Gasteiger charge is -2.26. The molecule has 0 aliphatic rings. The van der Waals surface area contributed by atoms with Gasteiger partial charge in [0.15, 0.2) is 0 Å². The average Bonchev–Trinajstić information content (AvgIpc) is 2.27. The first-order valence-corrected chi connectivity index (χ1v) is 6.25. The van der Waals surface area contributed by atoms with E-state index in [2.05, 4.69) is 56.8 Å². The van der Waals surface area contributed by atoms with Crippen LogP contribution in [0.3, 0.4) is 0 Å². The molecule has 0 spiro atoms. The van der Waals surface area contributed by atoms with E-state index in [0.717, 1.165) is 12.2 Å². The first-order valence-electron chi connectivity index (χ1n) is 6.25. The molecule has 0 saturated carbocycles. The van der Waals surface area contributed by atoms with Gasteiger partial charge in [0, 0.05) is 19.3 Å². The van der Waals surface area contributed by atoms with E-state index in [1.807, 2.05) is 6.20 Å². The number of hydrogen-bond acceptors (Lipinski definition) is 3. The third-order valence-electron chi connectivity index (χ3n) is 3.22. The highest BCUT2D eigenvalue weighted by Gasteiger charge is 2.15. The van der Waals surface area contributed by atoms with E-state index in [4.69, 9.17) is 5.73 Å². The zero-order chi connectivity index (χ0) is 13.1. The summed E-state index contributed by atoms with van der Waals surface area (Å²) in [7, 11) is 2.07. The second kappa shape index (κ2) is 5.50. The Morgan fingerprint density at radius 2 is 2.00 bits per heavy atom. The maximum atomic E-state index is 5.58. The molecule has 0 fully saturated rings. The van der Waals surface area contributed by atoms with Gasteiger partial charge in [0.2, 0.25) is 0 Å². The topological polar surface area (TPSA) is 42.1 Å². The van der Waals surface area contributed by atoms with E-state index in [1.54, 1.807) is 0 Å². The van der Waals surface area contributed by atoms with Crippen LogP contribution in [0, 0.1) is 0 Å². The maximum Gasteiger partial charge on any atom is 0.128 e. The smallest absolute Gasteiger partial charge is 0.128 e. The van der Waals surface area contributed by atoms with Gasteiger partial charge >= 0.3 is 0 Å². The van der Waals surface area contributed by atoms with E-state index < -0.39 is 0 Å². The number of nitrogens with zero attached hydrogens (tertiary/aromatic N) is 2. The van der Waals surface area contributed by atoms with Gasteiger partial charge < -0.3 is 10.6 Å². The van der Waals surface area contributed by atoms with E-state index in [1.165, 1.54) is 5.56 Å². The summed E-state index contributed by atoms with van der Waals surface area (Å²) in [6.45, 7) is 9.48. The summed E-state index contributed by atoms with van der Waals surface area (Å²) in [5.41, 5.74) is 7.00. The average molecular weight is 235 g/mol. The van der Waals surface area contributed by atoms with Crippen molar-refractivity contribution >= 4 is 5.82 Å². The zero-order valence-corrected chi connectivity index (χ0v) is 11.7. The fraction of sp³-hybridized carbons (Fsp3) is 0.643. The Morgan fingerprint density at radius 3 is 2.41 bits per heavy atom. The van der Waals surface area contributed by atoms with Crippen LogP contribution in [0.1, 0.15) is 39.7 Å². The minimum Gasteiger partial charge on any atom is -0.357 e. The quantitative estimate of drug-likeness (QED) is 0.872. The standard InChI is InChI=1S/C14H25N3/c1-11(8-9-15)17(5)13-7-6-12(10-16-13)14(2,3)4/h6-7,10-11H,8-9,15H2,1-5H3. The van der Waals surface area contributed by atoms with Gasteiger partial charge in [-0.25, -0.2) is 4.98 Å². The van der Waals surface area contributed by atoms with Crippen LogP contribution in [0.25, 0.3) is 0 Å². The van der Waals surface area contributed by atoms with Crippen molar-refractivity contribution in [1.29, 1.82) is 0 Å². The van der Waals surface area contributed by atoms with Crippen molar-refractivity contribution in [3.05, 3.63) is 23.9 Å². The third kappa shape index (κ3) is 3.70. The molecule has 3 heteroatoms. The second-order valence-corrected chi connectivity index (χ2v) is 5.69. The monoisotopic (exact) mass is 235 g/mol. The van der Waals surface area contributed by atoms with Gasteiger partial charge in [0.05, 0.1) is 0 Å². The van der Waals surface area contributed by atoms with Gasteiger partial charge in [-0.15, -0.1) is 0 Å². The van der Waals surface area contributed by atoms with Crippen molar-refractivity contribution < 1.29 is 0 Å².